The highest BCUT2D eigenvalue weighted by molar-refractivity contribution is 5.94. The van der Waals surface area contributed by atoms with Crippen LogP contribution in [0.25, 0.3) is 0 Å². The topological polar surface area (TPSA) is 90.5 Å². The van der Waals surface area contributed by atoms with Crippen molar-refractivity contribution >= 4 is 17.5 Å². The van der Waals surface area contributed by atoms with Crippen LogP contribution in [0, 0.1) is 0 Å². The Kier molecular flexibility index (Phi) is 4.50. The predicted octanol–water partition coefficient (Wildman–Crippen LogP) is 1.16. The fraction of sp³-hybridized carbons (Fsp3) is 0.600. The Balaban J connectivity index is 1.50. The molecule has 0 aliphatic carbocycles. The van der Waals surface area contributed by atoms with Crippen molar-refractivity contribution in [1.29, 1.82) is 0 Å². The summed E-state index contributed by atoms with van der Waals surface area (Å²) in [6.45, 7) is 1.55. The molecular formula is C15H21N5O2. The second-order valence-corrected chi connectivity index (χ2v) is 5.87. The van der Waals surface area contributed by atoms with E-state index in [0.29, 0.717) is 31.6 Å². The van der Waals surface area contributed by atoms with Crippen LogP contribution in [-0.4, -0.2) is 45.5 Å². The van der Waals surface area contributed by atoms with Gasteiger partial charge in [-0.25, -0.2) is 10.4 Å². The van der Waals surface area contributed by atoms with E-state index >= 15 is 0 Å². The molecule has 1 aromatic heterocycles. The molecule has 2 aliphatic rings. The molecule has 0 unspecified atom stereocenters. The quantitative estimate of drug-likeness (QED) is 0.874. The van der Waals surface area contributed by atoms with Gasteiger partial charge in [0.25, 0.3) is 0 Å². The Hall–Kier alpha value is -2.18. The van der Waals surface area contributed by atoms with Crippen molar-refractivity contribution in [3.63, 3.8) is 0 Å². The lowest BCUT2D eigenvalue weighted by Gasteiger charge is -2.32. The number of imidazole rings is 1. The number of carbonyl (C=O) groups excluding carboxylic acids is 2. The standard InChI is InChI=1S/C15H21N5O2/c21-13-5-3-12(18-19-13)4-6-14(22)20-9-1-2-11(10-20)15-16-7-8-17-15/h7-8,11H,1-6,9-10H2,(H,16,17)(H,19,21)/t11-/m1/s1. The van der Waals surface area contributed by atoms with Gasteiger partial charge in [-0.05, 0) is 25.7 Å². The number of piperidine rings is 1. The number of hydrazone groups is 1. The predicted molar refractivity (Wildman–Crippen MR) is 81.2 cm³/mol. The zero-order valence-corrected chi connectivity index (χ0v) is 12.5. The number of nitrogens with one attached hydrogen (secondary N) is 2. The highest BCUT2D eigenvalue weighted by atomic mass is 16.2. The van der Waals surface area contributed by atoms with Crippen molar-refractivity contribution in [3.05, 3.63) is 18.2 Å². The third-order valence-electron chi connectivity index (χ3n) is 4.29. The van der Waals surface area contributed by atoms with Crippen LogP contribution >= 0.6 is 0 Å². The molecule has 2 N–H and O–H groups in total. The molecule has 0 saturated carbocycles. The van der Waals surface area contributed by atoms with Crippen molar-refractivity contribution in [2.45, 2.75) is 44.4 Å². The molecule has 3 heterocycles. The summed E-state index contributed by atoms with van der Waals surface area (Å²) in [4.78, 5) is 32.8. The van der Waals surface area contributed by atoms with Crippen molar-refractivity contribution in [1.82, 2.24) is 20.3 Å². The third-order valence-corrected chi connectivity index (χ3v) is 4.29. The van der Waals surface area contributed by atoms with Gasteiger partial charge in [-0.1, -0.05) is 0 Å². The van der Waals surface area contributed by atoms with Crippen LogP contribution in [0.15, 0.2) is 17.5 Å². The fourth-order valence-corrected chi connectivity index (χ4v) is 3.03. The number of H-pyrrole nitrogens is 1. The smallest absolute Gasteiger partial charge is 0.240 e. The van der Waals surface area contributed by atoms with E-state index < -0.39 is 0 Å². The van der Waals surface area contributed by atoms with Crippen molar-refractivity contribution < 1.29 is 9.59 Å². The molecule has 0 spiro atoms. The maximum atomic E-state index is 12.4. The monoisotopic (exact) mass is 303 g/mol. The maximum absolute atomic E-state index is 12.4. The third kappa shape index (κ3) is 3.52. The van der Waals surface area contributed by atoms with Gasteiger partial charge in [-0.3, -0.25) is 9.59 Å². The molecule has 3 rings (SSSR count). The van der Waals surface area contributed by atoms with Gasteiger partial charge < -0.3 is 9.88 Å². The summed E-state index contributed by atoms with van der Waals surface area (Å²) in [6.07, 6.45) is 7.87. The fourth-order valence-electron chi connectivity index (χ4n) is 3.03. The largest absolute Gasteiger partial charge is 0.348 e. The summed E-state index contributed by atoms with van der Waals surface area (Å²) in [5.74, 6) is 1.39. The normalized spacial score (nSPS) is 22.2. The van der Waals surface area contributed by atoms with E-state index in [9.17, 15) is 9.59 Å². The van der Waals surface area contributed by atoms with E-state index in [0.717, 1.165) is 37.5 Å². The number of hydrogen-bond donors (Lipinski definition) is 2. The number of hydrogen-bond acceptors (Lipinski definition) is 4. The second kappa shape index (κ2) is 6.72. The Morgan fingerprint density at radius 2 is 2.32 bits per heavy atom. The zero-order valence-electron chi connectivity index (χ0n) is 12.5. The van der Waals surface area contributed by atoms with Gasteiger partial charge in [0.2, 0.25) is 11.8 Å². The maximum Gasteiger partial charge on any atom is 0.240 e. The lowest BCUT2D eigenvalue weighted by Crippen LogP contribution is -2.39. The van der Waals surface area contributed by atoms with Crippen LogP contribution < -0.4 is 5.43 Å². The molecule has 22 heavy (non-hydrogen) atoms. The molecule has 0 bridgehead atoms. The lowest BCUT2D eigenvalue weighted by atomic mass is 9.96. The van der Waals surface area contributed by atoms with Crippen LogP contribution in [-0.2, 0) is 9.59 Å². The summed E-state index contributed by atoms with van der Waals surface area (Å²) in [7, 11) is 0. The zero-order chi connectivity index (χ0) is 15.4. The van der Waals surface area contributed by atoms with Gasteiger partial charge in [0.05, 0.1) is 0 Å². The number of aromatic amines is 1. The summed E-state index contributed by atoms with van der Waals surface area (Å²) in [5, 5.41) is 4.01. The first-order valence-corrected chi connectivity index (χ1v) is 7.83. The Bertz CT molecular complexity index is 566. The van der Waals surface area contributed by atoms with Crippen molar-refractivity contribution in [3.8, 4) is 0 Å². The lowest BCUT2D eigenvalue weighted by molar-refractivity contribution is -0.132. The van der Waals surface area contributed by atoms with Crippen LogP contribution in [0.1, 0.15) is 50.3 Å². The number of aromatic nitrogens is 2. The first-order chi connectivity index (χ1) is 10.7. The van der Waals surface area contributed by atoms with Crippen molar-refractivity contribution in [2.75, 3.05) is 13.1 Å². The Labute approximate surface area is 129 Å². The number of likely N-dealkylation sites (tertiary alicyclic amines) is 1. The number of nitrogens with zero attached hydrogens (tertiary/aromatic N) is 3. The molecule has 0 radical (unpaired) electrons. The van der Waals surface area contributed by atoms with E-state index in [1.165, 1.54) is 0 Å². The first-order valence-electron chi connectivity index (χ1n) is 7.83. The minimum Gasteiger partial charge on any atom is -0.348 e. The average Bonchev–Trinajstić information content (AvgIpc) is 3.09. The SMILES string of the molecule is O=C1CCC(CCC(=O)N2CCC[C@@H](c3ncc[nH]3)C2)=NN1. The van der Waals surface area contributed by atoms with Gasteiger partial charge in [-0.15, -0.1) is 0 Å². The van der Waals surface area contributed by atoms with Crippen LogP contribution in [0.4, 0.5) is 0 Å². The second-order valence-electron chi connectivity index (χ2n) is 5.87. The van der Waals surface area contributed by atoms with Gasteiger partial charge in [-0.2, -0.15) is 5.10 Å². The van der Waals surface area contributed by atoms with Gasteiger partial charge in [0.15, 0.2) is 0 Å². The Morgan fingerprint density at radius 1 is 1.41 bits per heavy atom. The van der Waals surface area contributed by atoms with Crippen molar-refractivity contribution in [2.24, 2.45) is 5.10 Å². The van der Waals surface area contributed by atoms with Gasteiger partial charge in [0, 0.05) is 50.0 Å². The highest BCUT2D eigenvalue weighted by Crippen LogP contribution is 2.24. The van der Waals surface area contributed by atoms with E-state index in [1.807, 2.05) is 11.1 Å². The number of amides is 2. The molecule has 0 aromatic carbocycles. The van der Waals surface area contributed by atoms with E-state index in [-0.39, 0.29) is 11.8 Å². The van der Waals surface area contributed by atoms with E-state index in [1.54, 1.807) is 6.20 Å². The van der Waals surface area contributed by atoms with Crippen LogP contribution in [0.2, 0.25) is 0 Å². The molecule has 118 valence electrons. The summed E-state index contributed by atoms with van der Waals surface area (Å²) in [5.41, 5.74) is 3.38. The molecule has 7 heteroatoms. The van der Waals surface area contributed by atoms with Gasteiger partial charge in [0.1, 0.15) is 5.82 Å². The molecule has 1 atom stereocenters. The van der Waals surface area contributed by atoms with E-state index in [2.05, 4.69) is 20.5 Å². The minimum absolute atomic E-state index is 0.0487. The average molecular weight is 303 g/mol. The first kappa shape index (κ1) is 14.7. The van der Waals surface area contributed by atoms with Crippen LogP contribution in [0.5, 0.6) is 0 Å². The Morgan fingerprint density at radius 3 is 3.05 bits per heavy atom. The molecule has 1 aromatic rings. The van der Waals surface area contributed by atoms with E-state index in [4.69, 9.17) is 0 Å². The summed E-state index contributed by atoms with van der Waals surface area (Å²) < 4.78 is 0. The summed E-state index contributed by atoms with van der Waals surface area (Å²) >= 11 is 0. The molecule has 1 fully saturated rings. The number of rotatable bonds is 4. The molecule has 1 saturated heterocycles. The minimum atomic E-state index is -0.0487. The highest BCUT2D eigenvalue weighted by Gasteiger charge is 2.26. The molecule has 2 aliphatic heterocycles. The summed E-state index contributed by atoms with van der Waals surface area (Å²) in [6, 6.07) is 0. The number of carbonyl (C=O) groups is 2. The van der Waals surface area contributed by atoms with Gasteiger partial charge >= 0.3 is 0 Å². The van der Waals surface area contributed by atoms with Crippen LogP contribution in [0.3, 0.4) is 0 Å². The molecule has 7 nitrogen and oxygen atoms in total. The molecular weight excluding hydrogens is 282 g/mol. The molecule has 2 amide bonds.